The van der Waals surface area contributed by atoms with Gasteiger partial charge in [0.05, 0.1) is 12.3 Å². The molecule has 0 aromatic carbocycles. The van der Waals surface area contributed by atoms with Gasteiger partial charge in [-0.25, -0.2) is 0 Å². The molecule has 1 saturated heterocycles. The summed E-state index contributed by atoms with van der Waals surface area (Å²) in [5.74, 6) is -0.622. The molecule has 1 unspecified atom stereocenters. The largest absolute Gasteiger partial charge is 0.481 e. The Bertz CT molecular complexity index is 320. The van der Waals surface area contributed by atoms with E-state index in [-0.39, 0.29) is 23.7 Å². The maximum absolute atomic E-state index is 12.0. The first-order valence-corrected chi connectivity index (χ1v) is 6.82. The molecule has 3 N–H and O–H groups in total. The van der Waals surface area contributed by atoms with E-state index in [9.17, 15) is 9.59 Å². The summed E-state index contributed by atoms with van der Waals surface area (Å²) >= 11 is 0. The predicted molar refractivity (Wildman–Crippen MR) is 67.1 cm³/mol. The second-order valence-electron chi connectivity index (χ2n) is 5.69. The zero-order valence-corrected chi connectivity index (χ0v) is 10.7. The minimum atomic E-state index is -0.761. The molecule has 102 valence electrons. The predicted octanol–water partition coefficient (Wildman–Crippen LogP) is 0.747. The summed E-state index contributed by atoms with van der Waals surface area (Å²) in [6.45, 7) is 2.26. The fraction of sp³-hybridized carbons (Fsp3) is 0.846. The SMILES string of the molecule is O=C(O)CC1(CNC(=O)C2CCCNC2)CCC1. The lowest BCUT2D eigenvalue weighted by molar-refractivity contribution is -0.142. The fourth-order valence-corrected chi connectivity index (χ4v) is 2.91. The van der Waals surface area contributed by atoms with Crippen LogP contribution in [0, 0.1) is 11.3 Å². The molecule has 2 rings (SSSR count). The number of piperidine rings is 1. The lowest BCUT2D eigenvalue weighted by Gasteiger charge is -2.41. The number of hydrogen-bond acceptors (Lipinski definition) is 3. The average Bonchev–Trinajstić information content (AvgIpc) is 2.32. The highest BCUT2D eigenvalue weighted by molar-refractivity contribution is 5.79. The monoisotopic (exact) mass is 254 g/mol. The number of carboxylic acid groups (broad SMARTS) is 1. The van der Waals surface area contributed by atoms with Gasteiger partial charge in [-0.3, -0.25) is 9.59 Å². The highest BCUT2D eigenvalue weighted by Crippen LogP contribution is 2.43. The van der Waals surface area contributed by atoms with Gasteiger partial charge in [0.15, 0.2) is 0 Å². The molecule has 1 aliphatic carbocycles. The average molecular weight is 254 g/mol. The number of carboxylic acids is 1. The smallest absolute Gasteiger partial charge is 0.303 e. The molecule has 0 aromatic heterocycles. The van der Waals surface area contributed by atoms with Crippen molar-refractivity contribution >= 4 is 11.9 Å². The lowest BCUT2D eigenvalue weighted by Crippen LogP contribution is -2.47. The van der Waals surface area contributed by atoms with E-state index in [0.717, 1.165) is 45.2 Å². The number of aliphatic carboxylic acids is 1. The Hall–Kier alpha value is -1.10. The van der Waals surface area contributed by atoms with Crippen LogP contribution in [0.5, 0.6) is 0 Å². The van der Waals surface area contributed by atoms with Crippen LogP contribution in [0.2, 0.25) is 0 Å². The van der Waals surface area contributed by atoms with Crippen LogP contribution in [-0.2, 0) is 9.59 Å². The van der Waals surface area contributed by atoms with Gasteiger partial charge < -0.3 is 15.7 Å². The first kappa shape index (κ1) is 13.3. The molecule has 5 nitrogen and oxygen atoms in total. The summed E-state index contributed by atoms with van der Waals surface area (Å²) in [5, 5.41) is 15.1. The third kappa shape index (κ3) is 3.22. The maximum atomic E-state index is 12.0. The summed E-state index contributed by atoms with van der Waals surface area (Å²) < 4.78 is 0. The molecule has 0 spiro atoms. The van der Waals surface area contributed by atoms with E-state index in [4.69, 9.17) is 5.11 Å². The summed E-state index contributed by atoms with van der Waals surface area (Å²) in [6.07, 6.45) is 5.07. The molecule has 0 bridgehead atoms. The van der Waals surface area contributed by atoms with Crippen LogP contribution in [0.1, 0.15) is 38.5 Å². The van der Waals surface area contributed by atoms with Crippen LogP contribution in [0.25, 0.3) is 0 Å². The topological polar surface area (TPSA) is 78.4 Å². The third-order valence-corrected chi connectivity index (χ3v) is 4.25. The number of amides is 1. The molecule has 2 fully saturated rings. The van der Waals surface area contributed by atoms with Crippen molar-refractivity contribution in [3.8, 4) is 0 Å². The number of rotatable bonds is 5. The molecule has 18 heavy (non-hydrogen) atoms. The van der Waals surface area contributed by atoms with Gasteiger partial charge in [0.25, 0.3) is 0 Å². The first-order valence-electron chi connectivity index (χ1n) is 6.82. The van der Waals surface area contributed by atoms with Gasteiger partial charge in [0.1, 0.15) is 0 Å². The highest BCUT2D eigenvalue weighted by Gasteiger charge is 2.39. The molecule has 1 saturated carbocycles. The Morgan fingerprint density at radius 1 is 1.33 bits per heavy atom. The van der Waals surface area contributed by atoms with Gasteiger partial charge in [-0.1, -0.05) is 6.42 Å². The lowest BCUT2D eigenvalue weighted by atomic mass is 9.66. The Morgan fingerprint density at radius 3 is 2.61 bits per heavy atom. The number of nitrogens with one attached hydrogen (secondary N) is 2. The van der Waals surface area contributed by atoms with Crippen molar-refractivity contribution in [1.82, 2.24) is 10.6 Å². The van der Waals surface area contributed by atoms with Crippen LogP contribution in [0.3, 0.4) is 0 Å². The van der Waals surface area contributed by atoms with Crippen molar-refractivity contribution in [2.45, 2.75) is 38.5 Å². The van der Waals surface area contributed by atoms with Crippen LogP contribution < -0.4 is 10.6 Å². The number of carbonyl (C=O) groups excluding carboxylic acids is 1. The van der Waals surface area contributed by atoms with Gasteiger partial charge in [-0.05, 0) is 37.6 Å². The molecule has 5 heteroatoms. The normalized spacial score (nSPS) is 26.1. The standard InChI is InChI=1S/C13H22N2O3/c16-11(17)7-13(4-2-5-13)9-15-12(18)10-3-1-6-14-8-10/h10,14H,1-9H2,(H,15,18)(H,16,17). The zero-order chi connectivity index (χ0) is 13.0. The van der Waals surface area contributed by atoms with Gasteiger partial charge in [-0.15, -0.1) is 0 Å². The molecule has 1 heterocycles. The van der Waals surface area contributed by atoms with E-state index in [0.29, 0.717) is 6.54 Å². The van der Waals surface area contributed by atoms with E-state index in [1.165, 1.54) is 0 Å². The van der Waals surface area contributed by atoms with Crippen LogP contribution in [0.4, 0.5) is 0 Å². The van der Waals surface area contributed by atoms with Crippen molar-refractivity contribution in [3.05, 3.63) is 0 Å². The second-order valence-corrected chi connectivity index (χ2v) is 5.69. The van der Waals surface area contributed by atoms with Crippen LogP contribution in [-0.4, -0.2) is 36.6 Å². The van der Waals surface area contributed by atoms with Gasteiger partial charge in [0, 0.05) is 13.1 Å². The minimum absolute atomic E-state index is 0.0562. The van der Waals surface area contributed by atoms with Crippen LogP contribution in [0.15, 0.2) is 0 Å². The van der Waals surface area contributed by atoms with Gasteiger partial charge >= 0.3 is 5.97 Å². The maximum Gasteiger partial charge on any atom is 0.303 e. The van der Waals surface area contributed by atoms with Crippen molar-refractivity contribution in [1.29, 1.82) is 0 Å². The van der Waals surface area contributed by atoms with Crippen molar-refractivity contribution in [3.63, 3.8) is 0 Å². The first-order chi connectivity index (χ1) is 8.61. The quantitative estimate of drug-likeness (QED) is 0.676. The molecule has 0 aromatic rings. The van der Waals surface area contributed by atoms with E-state index in [2.05, 4.69) is 10.6 Å². The Balaban J connectivity index is 1.78. The number of hydrogen-bond donors (Lipinski definition) is 3. The minimum Gasteiger partial charge on any atom is -0.481 e. The van der Waals surface area contributed by atoms with Crippen LogP contribution >= 0.6 is 0 Å². The Kier molecular flexibility index (Phi) is 4.22. The fourth-order valence-electron chi connectivity index (χ4n) is 2.91. The molecule has 1 amide bonds. The molecular formula is C13H22N2O3. The number of carbonyl (C=O) groups is 2. The molecule has 1 atom stereocenters. The molecular weight excluding hydrogens is 232 g/mol. The zero-order valence-electron chi connectivity index (χ0n) is 10.7. The molecule has 0 radical (unpaired) electrons. The Morgan fingerprint density at radius 2 is 2.11 bits per heavy atom. The Labute approximate surface area is 107 Å². The summed E-state index contributed by atoms with van der Waals surface area (Å²) in [7, 11) is 0. The van der Waals surface area contributed by atoms with Gasteiger partial charge in [-0.2, -0.15) is 0 Å². The van der Waals surface area contributed by atoms with E-state index < -0.39 is 5.97 Å². The molecule has 1 aliphatic heterocycles. The van der Waals surface area contributed by atoms with Crippen molar-refractivity contribution in [2.24, 2.45) is 11.3 Å². The summed E-state index contributed by atoms with van der Waals surface area (Å²) in [5.41, 5.74) is -0.177. The van der Waals surface area contributed by atoms with E-state index >= 15 is 0 Å². The second kappa shape index (κ2) is 5.69. The summed E-state index contributed by atoms with van der Waals surface area (Å²) in [6, 6.07) is 0. The third-order valence-electron chi connectivity index (χ3n) is 4.25. The van der Waals surface area contributed by atoms with Crippen molar-refractivity contribution in [2.75, 3.05) is 19.6 Å². The van der Waals surface area contributed by atoms with E-state index in [1.807, 2.05) is 0 Å². The summed E-state index contributed by atoms with van der Waals surface area (Å²) in [4.78, 5) is 22.8. The highest BCUT2D eigenvalue weighted by atomic mass is 16.4. The molecule has 2 aliphatic rings. The van der Waals surface area contributed by atoms with Gasteiger partial charge in [0.2, 0.25) is 5.91 Å². The van der Waals surface area contributed by atoms with E-state index in [1.54, 1.807) is 0 Å². The van der Waals surface area contributed by atoms with Crippen molar-refractivity contribution < 1.29 is 14.7 Å².